The molecule has 11 aromatic rings. The monoisotopic (exact) mass is 972 g/mol. The Hall–Kier alpha value is -8.79. The van der Waals surface area contributed by atoms with Crippen molar-refractivity contribution in [1.29, 1.82) is 5.26 Å². The minimum atomic E-state index is -2.22. The normalized spacial score (nSPS) is 19.8. The topological polar surface area (TPSA) is 38.4 Å². The van der Waals surface area contributed by atoms with Gasteiger partial charge in [-0.05, 0) is 145 Å². The minimum Gasteiger partial charge on any atom is -0.311 e. The van der Waals surface area contributed by atoms with Gasteiger partial charge in [0, 0.05) is 50.6 Å². The van der Waals surface area contributed by atoms with Crippen LogP contribution >= 0.6 is 0 Å². The summed E-state index contributed by atoms with van der Waals surface area (Å²) >= 11 is 0. The molecule has 14 rings (SSSR count). The van der Waals surface area contributed by atoms with Gasteiger partial charge in [0.1, 0.15) is 0 Å². The molecule has 0 N–H and O–H groups in total. The molecule has 6 heteroatoms. The zero-order valence-electron chi connectivity index (χ0n) is 73.3. The van der Waals surface area contributed by atoms with E-state index >= 15 is 0 Å². The highest BCUT2D eigenvalue weighted by molar-refractivity contribution is 7.00. The highest BCUT2D eigenvalue weighted by Gasteiger charge is 2.46. The molecule has 0 bridgehead atoms. The Bertz CT molecular complexity index is 6040. The van der Waals surface area contributed by atoms with Gasteiger partial charge in [0.05, 0.1) is 86.3 Å². The van der Waals surface area contributed by atoms with E-state index in [0.717, 1.165) is 9.47 Å². The lowest BCUT2D eigenvalue weighted by molar-refractivity contribution is 0.590. The third kappa shape index (κ3) is 6.48. The average Bonchev–Trinajstić information content (AvgIpc) is 1.26. The first-order chi connectivity index (χ1) is 49.7. The van der Waals surface area contributed by atoms with Crippen molar-refractivity contribution in [1.82, 2.24) is 4.57 Å². The molecule has 0 fully saturated rings. The van der Waals surface area contributed by atoms with Crippen LogP contribution in [0.5, 0.6) is 0 Å². The fourth-order valence-corrected chi connectivity index (χ4v) is 9.50. The van der Waals surface area contributed by atoms with Gasteiger partial charge >= 0.3 is 0 Å². The molecule has 0 amide bonds. The number of hydrogen-bond acceptors (Lipinski definition) is 4. The Morgan fingerprint density at radius 3 is 1.78 bits per heavy atom. The Kier molecular flexibility index (Phi) is 4.44. The van der Waals surface area contributed by atoms with E-state index in [4.69, 9.17) is 9.60 Å². The third-order valence-corrected chi connectivity index (χ3v) is 12.9. The summed E-state index contributed by atoms with van der Waals surface area (Å²) in [5.74, 6) is 0. The van der Waals surface area contributed by atoms with Crippen LogP contribution in [0, 0.1) is 11.3 Å². The van der Waals surface area contributed by atoms with Crippen molar-refractivity contribution < 1.29 is 46.6 Å². The molecule has 0 aliphatic carbocycles. The smallest absolute Gasteiger partial charge is 0.252 e. The van der Waals surface area contributed by atoms with Gasteiger partial charge < -0.3 is 19.3 Å². The van der Waals surface area contributed by atoms with Crippen LogP contribution in [0.4, 0.5) is 51.2 Å². The maximum atomic E-state index is 11.5. The van der Waals surface area contributed by atoms with E-state index < -0.39 is 346 Å². The number of aromatic nitrogens is 1. The van der Waals surface area contributed by atoms with Gasteiger partial charge in [-0.2, -0.15) is 5.26 Å². The molecule has 73 heavy (non-hydrogen) atoms. The summed E-state index contributed by atoms with van der Waals surface area (Å²) in [5.41, 5.74) is -17.3. The van der Waals surface area contributed by atoms with Crippen LogP contribution in [-0.2, 0) is 10.8 Å². The molecule has 5 nitrogen and oxygen atoms in total. The lowest BCUT2D eigenvalue weighted by atomic mass is 9.33. The maximum absolute atomic E-state index is 11.5. The number of fused-ring (bicyclic) bond motifs is 10. The van der Waals surface area contributed by atoms with Gasteiger partial charge in [-0.15, -0.1) is 0 Å². The third-order valence-electron chi connectivity index (χ3n) is 12.9. The summed E-state index contributed by atoms with van der Waals surface area (Å²) in [6, 6.07) is -31.5. The molecule has 0 unspecified atom stereocenters. The van der Waals surface area contributed by atoms with Crippen LogP contribution in [0.2, 0.25) is 0 Å². The first kappa shape index (κ1) is 20.7. The predicted octanol–water partition coefficient (Wildman–Crippen LogP) is 15.9. The first-order valence-electron chi connectivity index (χ1n) is 39.8. The zero-order valence-corrected chi connectivity index (χ0v) is 39.3. The molecule has 0 atom stereocenters. The Balaban J connectivity index is 1.25. The average molecular weight is 972 g/mol. The van der Waals surface area contributed by atoms with Crippen LogP contribution < -0.4 is 31.1 Å². The number of nitrogens with zero attached hydrogens (tertiary/aromatic N) is 5. The zero-order chi connectivity index (χ0) is 79.1. The number of nitriles is 1. The maximum Gasteiger partial charge on any atom is 0.252 e. The molecule has 1 aromatic heterocycles. The highest BCUT2D eigenvalue weighted by Crippen LogP contribution is 2.53. The van der Waals surface area contributed by atoms with Gasteiger partial charge in [-0.1, -0.05) is 162 Å². The van der Waals surface area contributed by atoms with E-state index in [1.807, 2.05) is 0 Å². The van der Waals surface area contributed by atoms with Crippen molar-refractivity contribution in [2.45, 2.75) is 52.4 Å². The van der Waals surface area contributed by atoms with E-state index in [0.29, 0.717) is 9.80 Å². The van der Waals surface area contributed by atoms with Crippen LogP contribution in [0.15, 0.2) is 205 Å². The number of para-hydroxylation sites is 3. The van der Waals surface area contributed by atoms with Crippen molar-refractivity contribution >= 4 is 107 Å². The van der Waals surface area contributed by atoms with Crippen molar-refractivity contribution in [3.63, 3.8) is 0 Å². The number of rotatable bonds is 5. The first-order valence-corrected chi connectivity index (χ1v) is 22.8. The number of hydrogen-bond donors (Lipinski definition) is 0. The number of anilines is 9. The summed E-state index contributed by atoms with van der Waals surface area (Å²) in [7, 11) is 0. The van der Waals surface area contributed by atoms with Crippen LogP contribution in [-0.4, -0.2) is 11.3 Å². The molecule has 10 aromatic carbocycles. The fourth-order valence-electron chi connectivity index (χ4n) is 9.50. The fraction of sp³-hybridized carbons (Fsp3) is 0.119. The second-order valence-corrected chi connectivity index (χ2v) is 19.4. The molecule has 348 valence electrons. The van der Waals surface area contributed by atoms with Gasteiger partial charge in [0.2, 0.25) is 0 Å². The molecule has 4 heterocycles. The summed E-state index contributed by atoms with van der Waals surface area (Å²) in [5, 5.41) is 9.32. The Morgan fingerprint density at radius 1 is 0.479 bits per heavy atom. The second-order valence-electron chi connectivity index (χ2n) is 19.4. The standard InChI is InChI=1S/C67H52BN5/c1-66(2,3)47-25-31-49(32-26-47)70(50-33-27-48(28-34-50)67(4,5)6)52-35-36-55-60(40-52)71(51-29-23-44(24-30-51)46-22-21-43-13-7-8-14-45(43)39-46)61-37-42(41-69)38-62-63(61)68(55)56-17-12-20-59-65(56)73(62)58-19-11-16-54-53-15-9-10-18-57(53)72(59)64(54)58/h7-40H,1-6H3/i7D,8D,9D,10D,11D,12D,13D,14D,15D,16D,17D,18D,19D,20D,21D,22D,23D,24D,25D,26D,27D,28D,29D,30D,31D,32D,33D,34D,35D,36D,37D,38D,39D,40D. The van der Waals surface area contributed by atoms with Crippen LogP contribution in [0.1, 0.15) is 105 Å². The highest BCUT2D eigenvalue weighted by atomic mass is 15.2. The summed E-state index contributed by atoms with van der Waals surface area (Å²) in [4.78, 5) is 2.08. The van der Waals surface area contributed by atoms with Gasteiger partial charge in [-0.25, -0.2) is 0 Å². The molecular formula is C67H52BN5. The summed E-state index contributed by atoms with van der Waals surface area (Å²) in [6.45, 7) is 7.17. The Labute approximate surface area is 475 Å². The van der Waals surface area contributed by atoms with Crippen molar-refractivity contribution in [2.75, 3.05) is 14.7 Å². The van der Waals surface area contributed by atoms with E-state index in [-0.39, 0.29) is 11.1 Å². The van der Waals surface area contributed by atoms with Crippen LogP contribution in [0.25, 0.3) is 49.4 Å². The van der Waals surface area contributed by atoms with E-state index in [1.54, 1.807) is 47.6 Å². The van der Waals surface area contributed by atoms with Crippen LogP contribution in [0.3, 0.4) is 0 Å². The second kappa shape index (κ2) is 15.6. The van der Waals surface area contributed by atoms with E-state index in [1.165, 1.54) is 0 Å². The van der Waals surface area contributed by atoms with E-state index in [9.17, 15) is 42.3 Å². The van der Waals surface area contributed by atoms with Crippen molar-refractivity contribution in [2.24, 2.45) is 0 Å². The molecule has 3 aliphatic heterocycles. The predicted molar refractivity (Wildman–Crippen MR) is 308 cm³/mol. The summed E-state index contributed by atoms with van der Waals surface area (Å²) in [6.07, 6.45) is 0. The molecule has 0 saturated carbocycles. The molecule has 0 saturated heterocycles. The van der Waals surface area contributed by atoms with E-state index in [2.05, 4.69) is 0 Å². The molecule has 3 aliphatic rings. The molecule has 0 spiro atoms. The Morgan fingerprint density at radius 2 is 1.08 bits per heavy atom. The van der Waals surface area contributed by atoms with Crippen molar-refractivity contribution in [3.8, 4) is 22.9 Å². The van der Waals surface area contributed by atoms with Gasteiger partial charge in [-0.3, -0.25) is 0 Å². The van der Waals surface area contributed by atoms with Crippen molar-refractivity contribution in [3.05, 3.63) is 222 Å². The lowest BCUT2D eigenvalue weighted by Crippen LogP contribution is -2.61. The lowest BCUT2D eigenvalue weighted by Gasteiger charge is -2.46. The van der Waals surface area contributed by atoms with Gasteiger partial charge in [0.25, 0.3) is 6.71 Å². The summed E-state index contributed by atoms with van der Waals surface area (Å²) < 4.78 is 329. The molecule has 0 radical (unpaired) electrons. The quantitative estimate of drug-likeness (QED) is 0.161. The SMILES string of the molecule is [2H]c1c([2H])c2c3c(c1[2H])-n1c4c([2H])c([2H])c([2H])c([2H])c4c4c([2H])c([2H])c([2H])c(c41)N3c1c([2H])c(C#N)c([2H])c3c1B2c1c([2H])c([2H])c(N(c2c([2H])c([2H])c(C(C)(C)C)c([2H])c2[2H])c2c([2H])c([2H])c(C(C)(C)C)c([2H])c2[2H])c([2H])c1N3c1c([2H])c([2H])c(-c2c([2H])c([2H])c3c([2H])c([2H])c([2H])c([2H])c3c2[2H])c([2H])c1[2H]. The largest absolute Gasteiger partial charge is 0.311 e. The van der Waals surface area contributed by atoms with Gasteiger partial charge in [0.15, 0.2) is 0 Å². The minimum absolute atomic E-state index is 0.207. The molecular weight excluding hydrogens is 886 g/mol. The number of benzene rings is 10.